The molecule has 6 atom stereocenters. The zero-order chi connectivity index (χ0) is 34.2. The molecule has 2 saturated carbocycles. The number of aromatic nitrogens is 1. The fourth-order valence-corrected chi connectivity index (χ4v) is 8.60. The van der Waals surface area contributed by atoms with E-state index >= 15 is 0 Å². The summed E-state index contributed by atoms with van der Waals surface area (Å²) >= 11 is 0. The lowest BCUT2D eigenvalue weighted by Crippen LogP contribution is -2.59. The fraction of sp³-hybridized carbons (Fsp3) is 0.611. The molecule has 1 aromatic heterocycles. The number of carbonyl (C=O) groups is 3. The molecule has 11 nitrogen and oxygen atoms in total. The SMILES string of the molecule is C=C[C@@H]1C[C@]1(NC(=O)[C@@H]1C[C@@H]2CN1C(=O)[C@H](C(C)C)NC(C)CCCCCCc1ccc3ccnc(c3c1)O2)C(=O)NS(=O)(=O)C1CC1. The van der Waals surface area contributed by atoms with Crippen molar-refractivity contribution in [2.24, 2.45) is 11.8 Å². The summed E-state index contributed by atoms with van der Waals surface area (Å²) < 4.78 is 34.0. The lowest BCUT2D eigenvalue weighted by Gasteiger charge is -2.33. The third-order valence-corrected chi connectivity index (χ3v) is 12.2. The van der Waals surface area contributed by atoms with Crippen LogP contribution in [0.1, 0.15) is 84.1 Å². The maximum atomic E-state index is 14.4. The highest BCUT2D eigenvalue weighted by Gasteiger charge is 2.62. The van der Waals surface area contributed by atoms with E-state index in [-0.39, 0.29) is 37.3 Å². The molecule has 3 amide bonds. The summed E-state index contributed by atoms with van der Waals surface area (Å²) in [5.74, 6) is -1.52. The van der Waals surface area contributed by atoms with Gasteiger partial charge in [-0.15, -0.1) is 6.58 Å². The number of ether oxygens (including phenoxy) is 1. The molecule has 4 aliphatic rings. The van der Waals surface area contributed by atoms with Crippen molar-refractivity contribution in [3.05, 3.63) is 48.7 Å². The van der Waals surface area contributed by atoms with Crippen LogP contribution in [-0.4, -0.2) is 77.6 Å². The fourth-order valence-electron chi connectivity index (χ4n) is 7.24. The molecular weight excluding hydrogens is 630 g/mol. The molecule has 6 rings (SSSR count). The number of amides is 3. The van der Waals surface area contributed by atoms with E-state index in [1.807, 2.05) is 19.9 Å². The second kappa shape index (κ2) is 13.8. The van der Waals surface area contributed by atoms with Crippen LogP contribution in [0.4, 0.5) is 0 Å². The molecule has 3 heterocycles. The van der Waals surface area contributed by atoms with Gasteiger partial charge in [0.2, 0.25) is 27.7 Å². The zero-order valence-electron chi connectivity index (χ0n) is 28.2. The second-order valence-electron chi connectivity index (χ2n) is 14.6. The smallest absolute Gasteiger partial charge is 0.259 e. The number of carbonyl (C=O) groups excluding carboxylic acids is 3. The molecule has 0 radical (unpaired) electrons. The second-order valence-corrected chi connectivity index (χ2v) is 16.5. The number of pyridine rings is 1. The third kappa shape index (κ3) is 7.24. The predicted octanol–water partition coefficient (Wildman–Crippen LogP) is 3.76. The molecule has 260 valence electrons. The van der Waals surface area contributed by atoms with Gasteiger partial charge >= 0.3 is 0 Å². The minimum atomic E-state index is -3.83. The Labute approximate surface area is 283 Å². The van der Waals surface area contributed by atoms with Crippen LogP contribution in [0.5, 0.6) is 5.88 Å². The molecule has 2 aliphatic carbocycles. The molecule has 3 fully saturated rings. The first-order valence-corrected chi connectivity index (χ1v) is 19.1. The number of fused-ring (bicyclic) bond motifs is 3. The molecule has 1 aromatic carbocycles. The van der Waals surface area contributed by atoms with Crippen LogP contribution in [0.2, 0.25) is 0 Å². The van der Waals surface area contributed by atoms with Gasteiger partial charge in [-0.3, -0.25) is 19.1 Å². The topological polar surface area (TPSA) is 147 Å². The monoisotopic (exact) mass is 679 g/mol. The molecule has 3 N–H and O–H groups in total. The van der Waals surface area contributed by atoms with Crippen molar-refractivity contribution in [1.29, 1.82) is 0 Å². The van der Waals surface area contributed by atoms with Crippen molar-refractivity contribution in [1.82, 2.24) is 25.2 Å². The third-order valence-electron chi connectivity index (χ3n) is 10.4. The molecule has 2 aliphatic heterocycles. The number of hydrogen-bond acceptors (Lipinski definition) is 8. The van der Waals surface area contributed by atoms with E-state index < -0.39 is 56.7 Å². The van der Waals surface area contributed by atoms with E-state index in [2.05, 4.69) is 52.0 Å². The summed E-state index contributed by atoms with van der Waals surface area (Å²) in [7, 11) is -3.83. The molecule has 0 spiro atoms. The largest absolute Gasteiger partial charge is 0.472 e. The molecular formula is C36H49N5O6S. The Morgan fingerprint density at radius 1 is 1.15 bits per heavy atom. The number of benzene rings is 1. The number of rotatable bonds is 7. The molecule has 12 heteroatoms. The quantitative estimate of drug-likeness (QED) is 0.375. The predicted molar refractivity (Wildman–Crippen MR) is 184 cm³/mol. The summed E-state index contributed by atoms with van der Waals surface area (Å²) in [6, 6.07) is 6.93. The summed E-state index contributed by atoms with van der Waals surface area (Å²) in [6.45, 7) is 10.0. The number of aryl methyl sites for hydroxylation is 1. The Kier molecular flexibility index (Phi) is 9.86. The highest BCUT2D eigenvalue weighted by atomic mass is 32.2. The summed E-state index contributed by atoms with van der Waals surface area (Å²) in [5, 5.41) is 7.72. The van der Waals surface area contributed by atoms with Crippen molar-refractivity contribution in [3.63, 3.8) is 0 Å². The summed E-state index contributed by atoms with van der Waals surface area (Å²) in [5.41, 5.74) is -0.233. The Morgan fingerprint density at radius 3 is 2.62 bits per heavy atom. The molecule has 2 aromatic rings. The minimum Gasteiger partial charge on any atom is -0.472 e. The van der Waals surface area contributed by atoms with Crippen molar-refractivity contribution >= 4 is 38.5 Å². The maximum Gasteiger partial charge on any atom is 0.259 e. The van der Waals surface area contributed by atoms with Gasteiger partial charge in [-0.25, -0.2) is 13.4 Å². The number of hydrogen-bond donors (Lipinski definition) is 3. The Hall–Kier alpha value is -3.51. The first-order chi connectivity index (χ1) is 22.9. The van der Waals surface area contributed by atoms with Crippen LogP contribution >= 0.6 is 0 Å². The highest BCUT2D eigenvalue weighted by Crippen LogP contribution is 2.45. The van der Waals surface area contributed by atoms with Gasteiger partial charge in [-0.05, 0) is 74.4 Å². The lowest BCUT2D eigenvalue weighted by atomic mass is 9.99. The molecule has 48 heavy (non-hydrogen) atoms. The van der Waals surface area contributed by atoms with E-state index in [0.29, 0.717) is 18.7 Å². The number of nitrogens with zero attached hydrogens (tertiary/aromatic N) is 2. The summed E-state index contributed by atoms with van der Waals surface area (Å²) in [4.78, 5) is 48.1. The van der Waals surface area contributed by atoms with Gasteiger partial charge in [0.05, 0.1) is 17.8 Å². The lowest BCUT2D eigenvalue weighted by molar-refractivity contribution is -0.142. The van der Waals surface area contributed by atoms with Crippen LogP contribution in [0, 0.1) is 11.8 Å². The first-order valence-electron chi connectivity index (χ1n) is 17.5. The molecule has 1 saturated heterocycles. The van der Waals surface area contributed by atoms with Gasteiger partial charge in [0, 0.05) is 30.0 Å². The minimum absolute atomic E-state index is 0.0503. The average Bonchev–Trinajstić information content (AvgIpc) is 3.97. The van der Waals surface area contributed by atoms with Gasteiger partial charge in [-0.1, -0.05) is 51.3 Å². The Bertz CT molecular complexity index is 1680. The normalized spacial score (nSPS) is 30.0. The molecule has 4 bridgehead atoms. The standard InChI is InChI=1S/C36H49N5O6S/c1-5-26-20-36(26,35(44)40-48(45,46)28-14-15-28)39-32(42)30-19-27-21-41(30)34(43)31(22(2)3)38-23(4)10-8-6-7-9-11-24-12-13-25-16-17-37-33(47-27)29(25)18-24/h5,12-13,16-18,22-23,26-28,30-31,38H,1,6-11,14-15,19-21H2,2-4H3,(H,39,42)(H,40,44)/t23?,26-,27-,30+,31+,36-/m1/s1. The van der Waals surface area contributed by atoms with Gasteiger partial charge in [0.15, 0.2) is 0 Å². The van der Waals surface area contributed by atoms with E-state index in [1.54, 1.807) is 17.2 Å². The Balaban J connectivity index is 1.30. The van der Waals surface area contributed by atoms with Crippen LogP contribution < -0.4 is 20.1 Å². The Morgan fingerprint density at radius 2 is 1.92 bits per heavy atom. The number of sulfonamides is 1. The van der Waals surface area contributed by atoms with Gasteiger partial charge in [-0.2, -0.15) is 0 Å². The van der Waals surface area contributed by atoms with E-state index in [4.69, 9.17) is 4.74 Å². The first kappa shape index (κ1) is 34.4. The maximum absolute atomic E-state index is 14.4. The van der Waals surface area contributed by atoms with Crippen LogP contribution in [-0.2, 0) is 30.8 Å². The summed E-state index contributed by atoms with van der Waals surface area (Å²) in [6.07, 6.45) is 10.4. The average molecular weight is 680 g/mol. The van der Waals surface area contributed by atoms with Crippen molar-refractivity contribution in [3.8, 4) is 5.88 Å². The van der Waals surface area contributed by atoms with Crippen molar-refractivity contribution < 1.29 is 27.5 Å². The highest BCUT2D eigenvalue weighted by molar-refractivity contribution is 7.91. The van der Waals surface area contributed by atoms with Crippen molar-refractivity contribution in [2.45, 2.75) is 120 Å². The van der Waals surface area contributed by atoms with Crippen LogP contribution in [0.15, 0.2) is 43.1 Å². The van der Waals surface area contributed by atoms with E-state index in [1.165, 1.54) is 5.56 Å². The van der Waals surface area contributed by atoms with Crippen molar-refractivity contribution in [2.75, 3.05) is 6.54 Å². The van der Waals surface area contributed by atoms with Gasteiger partial charge < -0.3 is 20.3 Å². The van der Waals surface area contributed by atoms with Gasteiger partial charge in [0.1, 0.15) is 17.7 Å². The van der Waals surface area contributed by atoms with E-state index in [9.17, 15) is 22.8 Å². The van der Waals surface area contributed by atoms with E-state index in [0.717, 1.165) is 49.3 Å². The molecule has 1 unspecified atom stereocenters. The van der Waals surface area contributed by atoms with Crippen LogP contribution in [0.25, 0.3) is 10.8 Å². The van der Waals surface area contributed by atoms with Crippen LogP contribution in [0.3, 0.4) is 0 Å². The zero-order valence-corrected chi connectivity index (χ0v) is 29.1. The van der Waals surface area contributed by atoms with Gasteiger partial charge in [0.25, 0.3) is 5.91 Å². The number of nitrogens with one attached hydrogen (secondary N) is 3.